The van der Waals surface area contributed by atoms with Gasteiger partial charge in [0.05, 0.1) is 12.0 Å². The number of fused-ring (bicyclic) bond motifs is 2. The molecule has 1 N–H and O–H groups in total. The highest BCUT2D eigenvalue weighted by Crippen LogP contribution is 2.25. The van der Waals surface area contributed by atoms with Gasteiger partial charge in [-0.15, -0.1) is 11.6 Å². The van der Waals surface area contributed by atoms with E-state index in [9.17, 15) is 19.5 Å². The van der Waals surface area contributed by atoms with E-state index in [-0.39, 0.29) is 23.3 Å². The number of nitrogens with one attached hydrogen (secondary N) is 1. The first-order valence-corrected chi connectivity index (χ1v) is 9.06. The van der Waals surface area contributed by atoms with E-state index in [4.69, 9.17) is 11.6 Å². The van der Waals surface area contributed by atoms with Crippen molar-refractivity contribution in [2.24, 2.45) is 4.99 Å². The number of hydrogen-bond donors (Lipinski definition) is 1. The first-order chi connectivity index (χ1) is 13.5. The number of para-hydroxylation sites is 1. The van der Waals surface area contributed by atoms with Gasteiger partial charge in [0.2, 0.25) is 5.78 Å². The molecule has 6 nitrogen and oxygen atoms in total. The van der Waals surface area contributed by atoms with Crippen LogP contribution in [0.2, 0.25) is 0 Å². The number of benzene rings is 2. The third-order valence-electron chi connectivity index (χ3n) is 4.80. The molecule has 2 aromatic carbocycles. The molecule has 0 aliphatic heterocycles. The summed E-state index contributed by atoms with van der Waals surface area (Å²) in [4.78, 5) is 44.1. The first-order valence-electron chi connectivity index (χ1n) is 8.63. The standard InChI is InChI=1S/C21H15ClN2O4/c22-17-18(20(26)14-7-2-1-6-13(14)19(17)25)24-16(21(27)28)9-11-10-23-15-8-4-3-5-12(11)15/h1-8,10,16-17,23H,9H2,(H,27,28)/p-1/t16-,17?/m1/s1. The number of rotatable bonds is 4. The average molecular weight is 394 g/mol. The number of aliphatic carboxylic acids is 1. The minimum absolute atomic E-state index is 0.00255. The number of alkyl halides is 1. The molecule has 1 unspecified atom stereocenters. The number of Topliss-reactive ketones (excluding diaryl/α,β-unsaturated/α-hetero) is 2. The van der Waals surface area contributed by atoms with Gasteiger partial charge in [-0.25, -0.2) is 0 Å². The van der Waals surface area contributed by atoms with Crippen molar-refractivity contribution in [1.82, 2.24) is 4.98 Å². The summed E-state index contributed by atoms with van der Waals surface area (Å²) in [6.45, 7) is 0. The Morgan fingerprint density at radius 3 is 2.54 bits per heavy atom. The smallest absolute Gasteiger partial charge is 0.209 e. The maximum Gasteiger partial charge on any atom is 0.209 e. The molecule has 0 radical (unpaired) electrons. The molecule has 0 saturated heterocycles. The van der Waals surface area contributed by atoms with E-state index >= 15 is 0 Å². The summed E-state index contributed by atoms with van der Waals surface area (Å²) < 4.78 is 0. The Bertz CT molecular complexity index is 1150. The van der Waals surface area contributed by atoms with E-state index in [1.165, 1.54) is 12.1 Å². The summed E-state index contributed by atoms with van der Waals surface area (Å²) in [5.41, 5.74) is 1.70. The van der Waals surface area contributed by atoms with Crippen molar-refractivity contribution in [3.05, 3.63) is 71.4 Å². The second-order valence-corrected chi connectivity index (χ2v) is 6.95. The van der Waals surface area contributed by atoms with Gasteiger partial charge < -0.3 is 14.9 Å². The van der Waals surface area contributed by atoms with Crippen molar-refractivity contribution in [3.8, 4) is 0 Å². The van der Waals surface area contributed by atoms with Gasteiger partial charge in [-0.2, -0.15) is 0 Å². The molecule has 0 spiro atoms. The number of aromatic amines is 1. The van der Waals surface area contributed by atoms with E-state index in [1.54, 1.807) is 18.3 Å². The molecule has 1 aliphatic carbocycles. The molecule has 0 bridgehead atoms. The molecule has 0 amide bonds. The summed E-state index contributed by atoms with van der Waals surface area (Å²) >= 11 is 6.16. The predicted octanol–water partition coefficient (Wildman–Crippen LogP) is 1.96. The van der Waals surface area contributed by atoms with Crippen molar-refractivity contribution in [3.63, 3.8) is 0 Å². The Morgan fingerprint density at radius 1 is 1.11 bits per heavy atom. The third kappa shape index (κ3) is 3.01. The molecule has 2 atom stereocenters. The number of aromatic nitrogens is 1. The van der Waals surface area contributed by atoms with E-state index < -0.39 is 29.0 Å². The van der Waals surface area contributed by atoms with Gasteiger partial charge in [-0.3, -0.25) is 14.6 Å². The van der Waals surface area contributed by atoms with Crippen molar-refractivity contribution < 1.29 is 19.5 Å². The monoisotopic (exact) mass is 393 g/mol. The van der Waals surface area contributed by atoms with Crippen molar-refractivity contribution >= 4 is 45.8 Å². The number of aliphatic imine (C=N–C) groups is 1. The Hall–Kier alpha value is -3.25. The molecule has 1 aromatic heterocycles. The SMILES string of the molecule is O=C1C(=N[C@H](Cc2c[nH]c3ccccc23)C(=O)[O-])C(Cl)C(=O)c2ccccc21. The molecule has 1 heterocycles. The highest BCUT2D eigenvalue weighted by molar-refractivity contribution is 6.64. The van der Waals surface area contributed by atoms with Gasteiger partial charge >= 0.3 is 0 Å². The highest BCUT2D eigenvalue weighted by Gasteiger charge is 2.37. The maximum atomic E-state index is 12.8. The Morgan fingerprint density at radius 2 is 1.79 bits per heavy atom. The number of hydrogen-bond acceptors (Lipinski definition) is 5. The van der Waals surface area contributed by atoms with E-state index in [0.717, 1.165) is 16.5 Å². The van der Waals surface area contributed by atoms with Crippen LogP contribution in [0.15, 0.2) is 59.7 Å². The molecule has 0 fully saturated rings. The Kier molecular flexibility index (Phi) is 4.57. The zero-order valence-electron chi connectivity index (χ0n) is 14.5. The molecule has 7 heteroatoms. The number of nitrogens with zero attached hydrogens (tertiary/aromatic N) is 1. The van der Waals surface area contributed by atoms with Crippen LogP contribution >= 0.6 is 11.6 Å². The van der Waals surface area contributed by atoms with Crippen molar-refractivity contribution in [1.29, 1.82) is 0 Å². The van der Waals surface area contributed by atoms with Crippen LogP contribution in [0, 0.1) is 0 Å². The van der Waals surface area contributed by atoms with Gasteiger partial charge in [-0.1, -0.05) is 42.5 Å². The fourth-order valence-corrected chi connectivity index (χ4v) is 3.67. The number of carboxylic acid groups (broad SMARTS) is 1. The second-order valence-electron chi connectivity index (χ2n) is 6.51. The Labute approximate surface area is 164 Å². The molecule has 0 saturated carbocycles. The summed E-state index contributed by atoms with van der Waals surface area (Å²) in [6, 6.07) is 12.4. The lowest BCUT2D eigenvalue weighted by atomic mass is 9.87. The molecular weight excluding hydrogens is 380 g/mol. The molecule has 140 valence electrons. The molecular formula is C21H14ClN2O4-. The van der Waals surface area contributed by atoms with Crippen LogP contribution in [-0.2, 0) is 11.2 Å². The second kappa shape index (κ2) is 7.05. The van der Waals surface area contributed by atoms with Crippen molar-refractivity contribution in [2.75, 3.05) is 0 Å². The minimum atomic E-state index is -1.44. The molecule has 1 aliphatic rings. The quantitative estimate of drug-likeness (QED) is 0.684. The molecule has 28 heavy (non-hydrogen) atoms. The highest BCUT2D eigenvalue weighted by atomic mass is 35.5. The predicted molar refractivity (Wildman–Crippen MR) is 103 cm³/mol. The van der Waals surface area contributed by atoms with Crippen LogP contribution in [0.25, 0.3) is 10.9 Å². The first kappa shape index (κ1) is 18.1. The van der Waals surface area contributed by atoms with Crippen LogP contribution in [0.4, 0.5) is 0 Å². The summed E-state index contributed by atoms with van der Waals surface area (Å²) in [5, 5.41) is 11.2. The van der Waals surface area contributed by atoms with Crippen LogP contribution < -0.4 is 5.11 Å². The zero-order chi connectivity index (χ0) is 19.8. The summed E-state index contributed by atoms with van der Waals surface area (Å²) in [7, 11) is 0. The average Bonchev–Trinajstić information content (AvgIpc) is 3.11. The van der Waals surface area contributed by atoms with Gasteiger partial charge in [0.25, 0.3) is 0 Å². The maximum absolute atomic E-state index is 12.8. The zero-order valence-corrected chi connectivity index (χ0v) is 15.3. The Balaban J connectivity index is 1.73. The lowest BCUT2D eigenvalue weighted by Gasteiger charge is -2.22. The number of carboxylic acids is 1. The van der Waals surface area contributed by atoms with Crippen molar-refractivity contribution in [2.45, 2.75) is 17.8 Å². The summed E-state index contributed by atoms with van der Waals surface area (Å²) in [5.74, 6) is -2.46. The van der Waals surface area contributed by atoms with Crippen LogP contribution in [0.5, 0.6) is 0 Å². The number of carbonyl (C=O) groups excluding carboxylic acids is 3. The van der Waals surface area contributed by atoms with Crippen LogP contribution in [0.3, 0.4) is 0 Å². The number of H-pyrrole nitrogens is 1. The van der Waals surface area contributed by atoms with Gasteiger partial charge in [0.15, 0.2) is 5.78 Å². The number of ketones is 2. The van der Waals surface area contributed by atoms with Gasteiger partial charge in [0.1, 0.15) is 11.1 Å². The van der Waals surface area contributed by atoms with Crippen LogP contribution in [-0.4, -0.2) is 39.7 Å². The number of halogens is 1. The molecule has 3 aromatic rings. The van der Waals surface area contributed by atoms with E-state index in [2.05, 4.69) is 9.98 Å². The number of carbonyl (C=O) groups is 3. The molecule has 4 rings (SSSR count). The minimum Gasteiger partial charge on any atom is -0.548 e. The summed E-state index contributed by atoms with van der Waals surface area (Å²) in [6.07, 6.45) is 1.70. The van der Waals surface area contributed by atoms with Gasteiger partial charge in [0, 0.05) is 34.6 Å². The van der Waals surface area contributed by atoms with E-state index in [0.29, 0.717) is 0 Å². The largest absolute Gasteiger partial charge is 0.548 e. The normalized spacial score (nSPS) is 19.0. The lowest BCUT2D eigenvalue weighted by molar-refractivity contribution is -0.307. The van der Waals surface area contributed by atoms with Crippen LogP contribution in [0.1, 0.15) is 26.3 Å². The van der Waals surface area contributed by atoms with E-state index in [1.807, 2.05) is 24.3 Å². The fraction of sp³-hybridized carbons (Fsp3) is 0.143. The topological polar surface area (TPSA) is 102 Å². The van der Waals surface area contributed by atoms with Gasteiger partial charge in [-0.05, 0) is 11.6 Å². The fourth-order valence-electron chi connectivity index (χ4n) is 3.39. The lowest BCUT2D eigenvalue weighted by Crippen LogP contribution is -2.42. The third-order valence-corrected chi connectivity index (χ3v) is 5.20.